The molecule has 0 aromatic rings. The first kappa shape index (κ1) is 17.4. The molecule has 2 fully saturated rings. The maximum atomic E-state index is 11.7. The SMILES string of the molecule is O=C(CCCCON1C(=O)CCC1=O)ON1COCCCC1=O. The Morgan fingerprint density at radius 1 is 1.04 bits per heavy atom. The van der Waals surface area contributed by atoms with E-state index in [-0.39, 0.29) is 50.3 Å². The molecule has 9 nitrogen and oxygen atoms in total. The number of nitrogens with zero attached hydrogens (tertiary/aromatic N) is 2. The molecular formula is C14H20N2O7. The molecule has 128 valence electrons. The van der Waals surface area contributed by atoms with Crippen LogP contribution in [0, 0.1) is 0 Å². The van der Waals surface area contributed by atoms with E-state index in [0.717, 1.165) is 10.1 Å². The van der Waals surface area contributed by atoms with E-state index in [1.54, 1.807) is 0 Å². The highest BCUT2D eigenvalue weighted by molar-refractivity contribution is 6.00. The third-order valence-corrected chi connectivity index (χ3v) is 3.38. The molecule has 0 atom stereocenters. The molecule has 0 aliphatic carbocycles. The number of hydroxylamine groups is 4. The second-order valence-corrected chi connectivity index (χ2v) is 5.25. The van der Waals surface area contributed by atoms with Crippen molar-refractivity contribution in [1.29, 1.82) is 0 Å². The molecule has 2 aliphatic rings. The number of carbonyl (C=O) groups excluding carboxylic acids is 4. The van der Waals surface area contributed by atoms with Gasteiger partial charge in [-0.3, -0.25) is 19.2 Å². The van der Waals surface area contributed by atoms with E-state index in [2.05, 4.69) is 0 Å². The zero-order valence-corrected chi connectivity index (χ0v) is 12.8. The summed E-state index contributed by atoms with van der Waals surface area (Å²) < 4.78 is 5.14. The minimum atomic E-state index is -0.530. The van der Waals surface area contributed by atoms with Gasteiger partial charge in [-0.2, -0.15) is 5.06 Å². The summed E-state index contributed by atoms with van der Waals surface area (Å²) in [5.74, 6) is -1.48. The Hall–Kier alpha value is -2.00. The molecule has 2 saturated heterocycles. The first-order valence-corrected chi connectivity index (χ1v) is 7.65. The molecule has 0 saturated carbocycles. The Labute approximate surface area is 133 Å². The van der Waals surface area contributed by atoms with Gasteiger partial charge in [-0.25, -0.2) is 4.79 Å². The largest absolute Gasteiger partial charge is 0.358 e. The third-order valence-electron chi connectivity index (χ3n) is 3.38. The molecule has 0 radical (unpaired) electrons. The number of unbranched alkanes of at least 4 members (excludes halogenated alkanes) is 1. The highest BCUT2D eigenvalue weighted by Crippen LogP contribution is 2.13. The molecule has 2 heterocycles. The number of ether oxygens (including phenoxy) is 1. The van der Waals surface area contributed by atoms with E-state index in [4.69, 9.17) is 14.4 Å². The van der Waals surface area contributed by atoms with Gasteiger partial charge in [0.15, 0.2) is 6.73 Å². The molecule has 0 N–H and O–H groups in total. The molecule has 2 rings (SSSR count). The van der Waals surface area contributed by atoms with Gasteiger partial charge in [0.1, 0.15) is 0 Å². The Morgan fingerprint density at radius 2 is 1.78 bits per heavy atom. The Balaban J connectivity index is 1.58. The molecular weight excluding hydrogens is 308 g/mol. The van der Waals surface area contributed by atoms with Crippen molar-refractivity contribution in [2.75, 3.05) is 19.9 Å². The highest BCUT2D eigenvalue weighted by Gasteiger charge is 2.30. The van der Waals surface area contributed by atoms with Gasteiger partial charge < -0.3 is 9.57 Å². The quantitative estimate of drug-likeness (QED) is 0.489. The summed E-state index contributed by atoms with van der Waals surface area (Å²) in [6.45, 7) is 0.578. The topological polar surface area (TPSA) is 102 Å². The van der Waals surface area contributed by atoms with E-state index < -0.39 is 5.97 Å². The van der Waals surface area contributed by atoms with E-state index in [1.165, 1.54) is 0 Å². The molecule has 0 spiro atoms. The van der Waals surface area contributed by atoms with Crippen LogP contribution in [0.15, 0.2) is 0 Å². The van der Waals surface area contributed by atoms with Crippen molar-refractivity contribution in [3.63, 3.8) is 0 Å². The molecule has 0 unspecified atom stereocenters. The molecule has 0 aromatic heterocycles. The van der Waals surface area contributed by atoms with Crippen LogP contribution in [-0.4, -0.2) is 53.8 Å². The van der Waals surface area contributed by atoms with Crippen molar-refractivity contribution in [3.8, 4) is 0 Å². The van der Waals surface area contributed by atoms with Crippen molar-refractivity contribution >= 4 is 23.7 Å². The van der Waals surface area contributed by atoms with Crippen molar-refractivity contribution in [1.82, 2.24) is 10.1 Å². The summed E-state index contributed by atoms with van der Waals surface area (Å²) in [5, 5.41) is 1.72. The number of rotatable bonds is 7. The van der Waals surface area contributed by atoms with Crippen LogP contribution in [-0.2, 0) is 33.6 Å². The standard InChI is InChI=1S/C14H20N2O7/c17-11-4-3-8-21-10-15(11)23-14(20)5-1-2-9-22-16-12(18)6-7-13(16)19/h1-10H2. The minimum Gasteiger partial charge on any atom is -0.358 e. The lowest BCUT2D eigenvalue weighted by Gasteiger charge is -2.18. The van der Waals surface area contributed by atoms with Crippen LogP contribution in [0.3, 0.4) is 0 Å². The smallest absolute Gasteiger partial charge is 0.332 e. The lowest BCUT2D eigenvalue weighted by atomic mass is 10.2. The Bertz CT molecular complexity index is 464. The van der Waals surface area contributed by atoms with Gasteiger partial charge in [-0.1, -0.05) is 0 Å². The lowest BCUT2D eigenvalue weighted by Crippen LogP contribution is -2.33. The summed E-state index contributed by atoms with van der Waals surface area (Å²) in [4.78, 5) is 55.9. The predicted octanol–water partition coefficient (Wildman–Crippen LogP) is 0.292. The van der Waals surface area contributed by atoms with Crippen molar-refractivity contribution < 1.29 is 33.6 Å². The fourth-order valence-electron chi connectivity index (χ4n) is 2.14. The van der Waals surface area contributed by atoms with E-state index in [9.17, 15) is 19.2 Å². The van der Waals surface area contributed by atoms with Crippen LogP contribution in [0.4, 0.5) is 0 Å². The average molecular weight is 328 g/mol. The van der Waals surface area contributed by atoms with E-state index >= 15 is 0 Å². The van der Waals surface area contributed by atoms with E-state index in [1.807, 2.05) is 0 Å². The van der Waals surface area contributed by atoms with Crippen LogP contribution < -0.4 is 0 Å². The summed E-state index contributed by atoms with van der Waals surface area (Å²) in [7, 11) is 0. The van der Waals surface area contributed by atoms with Gasteiger partial charge >= 0.3 is 5.97 Å². The number of imide groups is 1. The van der Waals surface area contributed by atoms with Crippen molar-refractivity contribution in [2.45, 2.75) is 44.9 Å². The van der Waals surface area contributed by atoms with E-state index in [0.29, 0.717) is 32.3 Å². The number of hydrogen-bond donors (Lipinski definition) is 0. The van der Waals surface area contributed by atoms with Crippen LogP contribution in [0.1, 0.15) is 44.9 Å². The van der Waals surface area contributed by atoms with Gasteiger partial charge in [0, 0.05) is 32.3 Å². The van der Waals surface area contributed by atoms with Crippen LogP contribution in [0.25, 0.3) is 0 Å². The molecule has 9 heteroatoms. The first-order valence-electron chi connectivity index (χ1n) is 7.65. The fourth-order valence-corrected chi connectivity index (χ4v) is 2.14. The summed E-state index contributed by atoms with van der Waals surface area (Å²) in [5.41, 5.74) is 0. The van der Waals surface area contributed by atoms with Gasteiger partial charge in [0.05, 0.1) is 6.61 Å². The number of amides is 3. The summed E-state index contributed by atoms with van der Waals surface area (Å²) in [6.07, 6.45) is 2.30. The first-order chi connectivity index (χ1) is 11.1. The average Bonchev–Trinajstić information content (AvgIpc) is 2.71. The Morgan fingerprint density at radius 3 is 2.52 bits per heavy atom. The molecule has 0 bridgehead atoms. The normalized spacial score (nSPS) is 19.2. The highest BCUT2D eigenvalue weighted by atomic mass is 16.7. The minimum absolute atomic E-state index is 0.0487. The van der Waals surface area contributed by atoms with Crippen LogP contribution >= 0.6 is 0 Å². The maximum absolute atomic E-state index is 11.7. The van der Waals surface area contributed by atoms with Gasteiger partial charge in [-0.05, 0) is 19.3 Å². The molecule has 3 amide bonds. The van der Waals surface area contributed by atoms with Gasteiger partial charge in [0.25, 0.3) is 17.7 Å². The van der Waals surface area contributed by atoms with Gasteiger partial charge in [0.2, 0.25) is 0 Å². The third kappa shape index (κ3) is 5.29. The fraction of sp³-hybridized carbons (Fsp3) is 0.714. The number of carbonyl (C=O) groups is 4. The monoisotopic (exact) mass is 328 g/mol. The maximum Gasteiger partial charge on any atom is 0.332 e. The second-order valence-electron chi connectivity index (χ2n) is 5.25. The zero-order valence-electron chi connectivity index (χ0n) is 12.8. The molecule has 23 heavy (non-hydrogen) atoms. The number of hydrogen-bond acceptors (Lipinski definition) is 7. The van der Waals surface area contributed by atoms with Gasteiger partial charge in [-0.15, -0.1) is 5.06 Å². The Kier molecular flexibility index (Phi) is 6.48. The molecule has 2 aliphatic heterocycles. The molecule has 0 aromatic carbocycles. The summed E-state index contributed by atoms with van der Waals surface area (Å²) in [6, 6.07) is 0. The second kappa shape index (κ2) is 8.59. The lowest BCUT2D eigenvalue weighted by molar-refractivity contribution is -0.212. The zero-order chi connectivity index (χ0) is 16.7. The van der Waals surface area contributed by atoms with Crippen molar-refractivity contribution in [3.05, 3.63) is 0 Å². The summed E-state index contributed by atoms with van der Waals surface area (Å²) >= 11 is 0. The van der Waals surface area contributed by atoms with Crippen molar-refractivity contribution in [2.24, 2.45) is 0 Å². The van der Waals surface area contributed by atoms with Crippen LogP contribution in [0.2, 0.25) is 0 Å². The van der Waals surface area contributed by atoms with Crippen LogP contribution in [0.5, 0.6) is 0 Å². The predicted molar refractivity (Wildman–Crippen MR) is 73.9 cm³/mol.